The molecule has 0 saturated carbocycles. The number of piperidine rings is 1. The van der Waals surface area contributed by atoms with Crippen LogP contribution in [0.15, 0.2) is 48.5 Å². The molecule has 10 nitrogen and oxygen atoms in total. The molecule has 2 amide bonds. The first-order valence-corrected chi connectivity index (χ1v) is 16.8. The van der Waals surface area contributed by atoms with E-state index in [0.29, 0.717) is 42.2 Å². The minimum absolute atomic E-state index is 0.0766. The number of pyridine rings is 1. The number of amides is 2. The van der Waals surface area contributed by atoms with Crippen LogP contribution in [0.25, 0.3) is 33.6 Å². The summed E-state index contributed by atoms with van der Waals surface area (Å²) in [5.41, 5.74) is 7.06. The number of aryl methyl sites for hydroxylation is 4. The summed E-state index contributed by atoms with van der Waals surface area (Å²) in [6.07, 6.45) is 2.97. The summed E-state index contributed by atoms with van der Waals surface area (Å²) in [6, 6.07) is 14.7. The third-order valence-electron chi connectivity index (χ3n) is 9.83. The van der Waals surface area contributed by atoms with Gasteiger partial charge in [-0.25, -0.2) is 14.4 Å². The van der Waals surface area contributed by atoms with Crippen molar-refractivity contribution >= 4 is 33.9 Å². The molecule has 7 rings (SSSR count). The molecular weight excluding hydrogens is 609 g/mol. The number of carbonyl (C=O) groups is 2. The molecule has 1 saturated heterocycles. The number of alkyl halides is 1. The molecule has 0 unspecified atom stereocenters. The number of hydrogen-bond acceptors (Lipinski definition) is 6. The van der Waals surface area contributed by atoms with Gasteiger partial charge in [0, 0.05) is 36.7 Å². The Labute approximate surface area is 279 Å². The van der Waals surface area contributed by atoms with Crippen molar-refractivity contribution in [2.45, 2.75) is 70.8 Å². The number of nitrogens with zero attached hydrogens (tertiary/aromatic N) is 4. The summed E-state index contributed by atoms with van der Waals surface area (Å²) in [5, 5.41) is 10.2. The van der Waals surface area contributed by atoms with E-state index >= 15 is 0 Å². The minimum Gasteiger partial charge on any atom is -0.494 e. The van der Waals surface area contributed by atoms with E-state index < -0.39 is 12.2 Å². The predicted molar refractivity (Wildman–Crippen MR) is 184 cm³/mol. The maximum atomic E-state index is 14.5. The van der Waals surface area contributed by atoms with Gasteiger partial charge in [0.15, 0.2) is 5.82 Å². The Balaban J connectivity index is 1.28. The number of carbonyl (C=O) groups excluding carboxylic acids is 2. The molecule has 0 spiro atoms. The summed E-state index contributed by atoms with van der Waals surface area (Å²) in [7, 11) is 3.51. The second-order valence-electron chi connectivity index (χ2n) is 13.1. The van der Waals surface area contributed by atoms with Crippen molar-refractivity contribution in [1.29, 1.82) is 0 Å². The van der Waals surface area contributed by atoms with Gasteiger partial charge in [0.2, 0.25) is 0 Å². The monoisotopic (exact) mass is 651 g/mol. The Morgan fingerprint density at radius 3 is 2.77 bits per heavy atom. The van der Waals surface area contributed by atoms with Crippen LogP contribution in [0.3, 0.4) is 0 Å². The van der Waals surface area contributed by atoms with Gasteiger partial charge < -0.3 is 29.8 Å². The second-order valence-corrected chi connectivity index (χ2v) is 13.1. The summed E-state index contributed by atoms with van der Waals surface area (Å²) < 4.78 is 24.5. The lowest BCUT2D eigenvalue weighted by molar-refractivity contribution is 0.0891. The molecule has 5 aromatic rings. The topological polar surface area (TPSA) is 115 Å². The lowest BCUT2D eigenvalue weighted by Gasteiger charge is -2.27. The molecular formula is C37H42FN7O3. The number of benzene rings is 2. The molecule has 48 heavy (non-hydrogen) atoms. The van der Waals surface area contributed by atoms with E-state index in [9.17, 15) is 14.0 Å². The fourth-order valence-electron chi connectivity index (χ4n) is 7.21. The molecule has 250 valence electrons. The smallest absolute Gasteiger partial charge is 0.252 e. The second kappa shape index (κ2) is 13.0. The molecule has 0 radical (unpaired) electrons. The molecule has 1 fully saturated rings. The molecule has 2 aliphatic rings. The van der Waals surface area contributed by atoms with Crippen molar-refractivity contribution in [2.24, 2.45) is 7.05 Å². The first-order valence-electron chi connectivity index (χ1n) is 16.8. The summed E-state index contributed by atoms with van der Waals surface area (Å²) >= 11 is 0. The Bertz CT molecular complexity index is 2030. The van der Waals surface area contributed by atoms with Gasteiger partial charge in [0.1, 0.15) is 23.1 Å². The van der Waals surface area contributed by atoms with E-state index in [1.807, 2.05) is 43.7 Å². The van der Waals surface area contributed by atoms with Crippen molar-refractivity contribution in [2.75, 3.05) is 20.2 Å². The van der Waals surface area contributed by atoms with E-state index in [1.54, 1.807) is 19.2 Å². The maximum absolute atomic E-state index is 14.5. The van der Waals surface area contributed by atoms with Gasteiger partial charge in [-0.2, -0.15) is 0 Å². The number of halogens is 1. The van der Waals surface area contributed by atoms with Crippen molar-refractivity contribution in [1.82, 2.24) is 35.1 Å². The average Bonchev–Trinajstić information content (AvgIpc) is 3.61. The van der Waals surface area contributed by atoms with E-state index in [2.05, 4.69) is 38.7 Å². The molecule has 3 aromatic heterocycles. The highest BCUT2D eigenvalue weighted by atomic mass is 19.1. The molecule has 11 heteroatoms. The number of fused-ring (bicyclic) bond motifs is 3. The number of ether oxygens (including phenoxy) is 1. The minimum atomic E-state index is -1.10. The van der Waals surface area contributed by atoms with E-state index in [1.165, 1.54) is 0 Å². The van der Waals surface area contributed by atoms with Crippen molar-refractivity contribution < 1.29 is 18.7 Å². The van der Waals surface area contributed by atoms with Crippen LogP contribution in [0.4, 0.5) is 4.39 Å². The Hall–Kier alpha value is -4.77. The van der Waals surface area contributed by atoms with Crippen LogP contribution in [-0.4, -0.2) is 63.3 Å². The number of hydrogen-bond donors (Lipinski definition) is 3. The van der Waals surface area contributed by atoms with Crippen LogP contribution in [-0.2, 0) is 20.0 Å². The highest BCUT2D eigenvalue weighted by Gasteiger charge is 2.28. The fourth-order valence-corrected chi connectivity index (χ4v) is 7.21. The summed E-state index contributed by atoms with van der Waals surface area (Å²) in [4.78, 5) is 36.9. The summed E-state index contributed by atoms with van der Waals surface area (Å²) in [6.45, 7) is 5.69. The first-order chi connectivity index (χ1) is 23.2. The molecule has 3 N–H and O–H groups in total. The number of imidazole rings is 1. The Kier molecular flexibility index (Phi) is 8.63. The zero-order valence-corrected chi connectivity index (χ0v) is 27.9. The normalized spacial score (nSPS) is 20.4. The van der Waals surface area contributed by atoms with Crippen LogP contribution < -0.4 is 20.7 Å². The van der Waals surface area contributed by atoms with Crippen molar-refractivity contribution in [3.8, 4) is 17.3 Å². The molecule has 3 atom stereocenters. The van der Waals surface area contributed by atoms with Crippen molar-refractivity contribution in [3.05, 3.63) is 76.5 Å². The lowest BCUT2D eigenvalue weighted by Crippen LogP contribution is -2.52. The molecule has 5 heterocycles. The molecule has 2 bridgehead atoms. The van der Waals surface area contributed by atoms with E-state index in [4.69, 9.17) is 14.7 Å². The van der Waals surface area contributed by atoms with Crippen LogP contribution in [0.1, 0.15) is 76.2 Å². The van der Waals surface area contributed by atoms with Crippen LogP contribution in [0.2, 0.25) is 0 Å². The number of methoxy groups -OCH3 is 1. The number of aromatic nitrogens is 4. The van der Waals surface area contributed by atoms with Gasteiger partial charge in [-0.1, -0.05) is 24.6 Å². The quantitative estimate of drug-likeness (QED) is 0.235. The third-order valence-corrected chi connectivity index (χ3v) is 9.83. The average molecular weight is 652 g/mol. The summed E-state index contributed by atoms with van der Waals surface area (Å²) in [5.74, 6) is 0.784. The maximum Gasteiger partial charge on any atom is 0.252 e. The van der Waals surface area contributed by atoms with Crippen LogP contribution in [0.5, 0.6) is 5.75 Å². The van der Waals surface area contributed by atoms with Crippen LogP contribution >= 0.6 is 0 Å². The van der Waals surface area contributed by atoms with Gasteiger partial charge in [-0.15, -0.1) is 0 Å². The molecule has 2 aromatic carbocycles. The third kappa shape index (κ3) is 5.80. The van der Waals surface area contributed by atoms with Gasteiger partial charge in [0.25, 0.3) is 11.8 Å². The Morgan fingerprint density at radius 1 is 1.10 bits per heavy atom. The predicted octanol–water partition coefficient (Wildman–Crippen LogP) is 5.55. The lowest BCUT2D eigenvalue weighted by atomic mass is 9.96. The van der Waals surface area contributed by atoms with Gasteiger partial charge in [-0.3, -0.25) is 9.59 Å². The standard InChI is InChI=1S/C37H42FN7O3/c1-21-9-8-11-23-10-6-5-7-16-45-30(18-24-12-13-27(41-34(24)45)22(2)40-37(47)32(21)23)35-42-28-17-25(19-31(48-4)33(28)44(35)3)36(46)43-29-20-39-15-14-26(29)38/h8-9,11-13,17-19,22,26,29,39H,5-7,10,14-16,20H2,1-4H3,(H,40,47)(H,43,46)/t22-,26+,29+/m1/s1. The highest BCUT2D eigenvalue weighted by Crippen LogP contribution is 2.35. The molecule has 0 aliphatic carbocycles. The van der Waals surface area contributed by atoms with E-state index in [0.717, 1.165) is 76.9 Å². The van der Waals surface area contributed by atoms with Crippen molar-refractivity contribution in [3.63, 3.8) is 0 Å². The fraction of sp³-hybridized carbons (Fsp3) is 0.405. The zero-order chi connectivity index (χ0) is 33.5. The SMILES string of the molecule is COc1cc(C(=O)N[C@H]2CNCC[C@@H]2F)cc2nc(-c3cc4ccc5nc4n3CCCCCc3cccc(C)c3C(=O)N[C@@H]5C)n(C)c12. The Morgan fingerprint density at radius 2 is 1.96 bits per heavy atom. The van der Waals surface area contributed by atoms with Gasteiger partial charge in [0.05, 0.1) is 36.1 Å². The largest absolute Gasteiger partial charge is 0.494 e. The highest BCUT2D eigenvalue weighted by molar-refractivity contribution is 6.00. The number of rotatable bonds is 4. The molecule has 2 aliphatic heterocycles. The zero-order valence-electron chi connectivity index (χ0n) is 27.9. The van der Waals surface area contributed by atoms with E-state index in [-0.39, 0.29) is 17.9 Å². The van der Waals surface area contributed by atoms with Crippen LogP contribution in [0, 0.1) is 6.92 Å². The van der Waals surface area contributed by atoms with Gasteiger partial charge in [-0.05, 0) is 87.5 Å². The first kappa shape index (κ1) is 31.8. The van der Waals surface area contributed by atoms with Gasteiger partial charge >= 0.3 is 0 Å². The number of nitrogens with one attached hydrogen (secondary N) is 3.